The van der Waals surface area contributed by atoms with Gasteiger partial charge in [0.25, 0.3) is 0 Å². The Balaban J connectivity index is 1.39. The Morgan fingerprint density at radius 3 is 2.36 bits per heavy atom. The van der Waals surface area contributed by atoms with E-state index in [-0.39, 0.29) is 12.0 Å². The SMILES string of the molecule is CCOC(=O)c1ccc(N2CCN(C(=O)NCCN3CCOCC3)CC2)cc1. The van der Waals surface area contributed by atoms with Gasteiger partial charge in [0.2, 0.25) is 0 Å². The molecule has 0 aromatic heterocycles. The molecule has 0 radical (unpaired) electrons. The second-order valence-electron chi connectivity index (χ2n) is 6.93. The van der Waals surface area contributed by atoms with Crippen molar-refractivity contribution < 1.29 is 19.1 Å². The van der Waals surface area contributed by atoms with E-state index in [0.29, 0.717) is 31.8 Å². The first kappa shape index (κ1) is 20.4. The van der Waals surface area contributed by atoms with E-state index in [1.54, 1.807) is 19.1 Å². The van der Waals surface area contributed by atoms with Gasteiger partial charge in [-0.1, -0.05) is 0 Å². The first-order chi connectivity index (χ1) is 13.7. The largest absolute Gasteiger partial charge is 0.462 e. The maximum absolute atomic E-state index is 12.4. The Kier molecular flexibility index (Phi) is 7.50. The summed E-state index contributed by atoms with van der Waals surface area (Å²) in [6, 6.07) is 7.45. The van der Waals surface area contributed by atoms with Gasteiger partial charge in [-0.05, 0) is 31.2 Å². The molecule has 0 aliphatic carbocycles. The van der Waals surface area contributed by atoms with Crippen LogP contribution in [0, 0.1) is 0 Å². The third-order valence-corrected chi connectivity index (χ3v) is 5.12. The highest BCUT2D eigenvalue weighted by Gasteiger charge is 2.21. The Hall–Kier alpha value is -2.32. The molecule has 8 heteroatoms. The number of hydrogen-bond acceptors (Lipinski definition) is 6. The van der Waals surface area contributed by atoms with Gasteiger partial charge in [-0.3, -0.25) is 4.90 Å². The Bertz CT molecular complexity index is 638. The van der Waals surface area contributed by atoms with Crippen molar-refractivity contribution in [3.05, 3.63) is 29.8 Å². The molecular formula is C20H30N4O4. The lowest BCUT2D eigenvalue weighted by Gasteiger charge is -2.36. The average molecular weight is 390 g/mol. The minimum absolute atomic E-state index is 0.00516. The zero-order valence-corrected chi connectivity index (χ0v) is 16.6. The quantitative estimate of drug-likeness (QED) is 0.732. The summed E-state index contributed by atoms with van der Waals surface area (Å²) in [6.07, 6.45) is 0. The summed E-state index contributed by atoms with van der Waals surface area (Å²) in [5.74, 6) is -0.299. The van der Waals surface area contributed by atoms with E-state index in [0.717, 1.165) is 51.6 Å². The van der Waals surface area contributed by atoms with Gasteiger partial charge in [0.15, 0.2) is 0 Å². The van der Waals surface area contributed by atoms with E-state index in [1.807, 2.05) is 17.0 Å². The summed E-state index contributed by atoms with van der Waals surface area (Å²) in [5.41, 5.74) is 1.62. The number of ether oxygens (including phenoxy) is 2. The third kappa shape index (κ3) is 5.59. The summed E-state index contributed by atoms with van der Waals surface area (Å²) in [7, 11) is 0. The number of esters is 1. The van der Waals surface area contributed by atoms with Crippen LogP contribution >= 0.6 is 0 Å². The molecular weight excluding hydrogens is 360 g/mol. The highest BCUT2D eigenvalue weighted by Crippen LogP contribution is 2.18. The van der Waals surface area contributed by atoms with Crippen molar-refractivity contribution in [1.82, 2.24) is 15.1 Å². The molecule has 3 rings (SSSR count). The van der Waals surface area contributed by atoms with Crippen molar-refractivity contribution >= 4 is 17.7 Å². The number of piperazine rings is 1. The van der Waals surface area contributed by atoms with Crippen LogP contribution in [-0.2, 0) is 9.47 Å². The van der Waals surface area contributed by atoms with E-state index >= 15 is 0 Å². The van der Waals surface area contributed by atoms with Crippen molar-refractivity contribution in [2.24, 2.45) is 0 Å². The van der Waals surface area contributed by atoms with Crippen LogP contribution in [0.2, 0.25) is 0 Å². The fraction of sp³-hybridized carbons (Fsp3) is 0.600. The van der Waals surface area contributed by atoms with Crippen molar-refractivity contribution in [2.75, 3.05) is 77.1 Å². The zero-order chi connectivity index (χ0) is 19.8. The maximum Gasteiger partial charge on any atom is 0.338 e. The van der Waals surface area contributed by atoms with E-state index in [2.05, 4.69) is 15.1 Å². The smallest absolute Gasteiger partial charge is 0.338 e. The number of carbonyl (C=O) groups excluding carboxylic acids is 2. The number of anilines is 1. The van der Waals surface area contributed by atoms with Gasteiger partial charge in [-0.15, -0.1) is 0 Å². The number of hydrogen-bond donors (Lipinski definition) is 1. The summed E-state index contributed by atoms with van der Waals surface area (Å²) in [6.45, 7) is 10.0. The predicted octanol–water partition coefficient (Wildman–Crippen LogP) is 1.03. The van der Waals surface area contributed by atoms with Crippen LogP contribution in [0.25, 0.3) is 0 Å². The second kappa shape index (κ2) is 10.3. The summed E-state index contributed by atoms with van der Waals surface area (Å²) in [4.78, 5) is 30.5. The number of carbonyl (C=O) groups is 2. The minimum Gasteiger partial charge on any atom is -0.462 e. The van der Waals surface area contributed by atoms with E-state index in [9.17, 15) is 9.59 Å². The Labute approximate surface area is 166 Å². The van der Waals surface area contributed by atoms with Gasteiger partial charge in [0, 0.05) is 58.0 Å². The second-order valence-corrected chi connectivity index (χ2v) is 6.93. The van der Waals surface area contributed by atoms with Gasteiger partial charge < -0.3 is 24.6 Å². The fourth-order valence-electron chi connectivity index (χ4n) is 3.45. The molecule has 28 heavy (non-hydrogen) atoms. The first-order valence-corrected chi connectivity index (χ1v) is 10.0. The molecule has 2 aliphatic rings. The topological polar surface area (TPSA) is 74.4 Å². The van der Waals surface area contributed by atoms with E-state index in [1.165, 1.54) is 0 Å². The van der Waals surface area contributed by atoms with Crippen molar-refractivity contribution in [2.45, 2.75) is 6.92 Å². The molecule has 8 nitrogen and oxygen atoms in total. The molecule has 2 aliphatic heterocycles. The number of nitrogens with one attached hydrogen (secondary N) is 1. The minimum atomic E-state index is -0.299. The van der Waals surface area contributed by atoms with Crippen molar-refractivity contribution in [3.8, 4) is 0 Å². The van der Waals surface area contributed by atoms with Gasteiger partial charge >= 0.3 is 12.0 Å². The molecule has 0 spiro atoms. The molecule has 0 saturated carbocycles. The van der Waals surface area contributed by atoms with Gasteiger partial charge in [0.05, 0.1) is 25.4 Å². The number of morpholine rings is 1. The fourth-order valence-corrected chi connectivity index (χ4v) is 3.45. The zero-order valence-electron chi connectivity index (χ0n) is 16.6. The first-order valence-electron chi connectivity index (χ1n) is 10.0. The molecule has 0 atom stereocenters. The van der Waals surface area contributed by atoms with Gasteiger partial charge in [-0.25, -0.2) is 9.59 Å². The standard InChI is InChI=1S/C20H30N4O4/c1-2-28-19(25)17-3-5-18(6-4-17)23-9-11-24(12-10-23)20(26)21-7-8-22-13-15-27-16-14-22/h3-6H,2,7-16H2,1H3,(H,21,26). The molecule has 2 saturated heterocycles. The van der Waals surface area contributed by atoms with Crippen LogP contribution in [0.3, 0.4) is 0 Å². The number of urea groups is 1. The normalized spacial score (nSPS) is 18.0. The molecule has 1 aromatic carbocycles. The van der Waals surface area contributed by atoms with E-state index in [4.69, 9.17) is 9.47 Å². The molecule has 0 unspecified atom stereocenters. The lowest BCUT2D eigenvalue weighted by Crippen LogP contribution is -2.52. The number of rotatable bonds is 6. The Morgan fingerprint density at radius 1 is 1.04 bits per heavy atom. The lowest BCUT2D eigenvalue weighted by atomic mass is 10.2. The molecule has 2 fully saturated rings. The third-order valence-electron chi connectivity index (χ3n) is 5.12. The summed E-state index contributed by atoms with van der Waals surface area (Å²) < 4.78 is 10.3. The van der Waals surface area contributed by atoms with Crippen LogP contribution in [0.15, 0.2) is 24.3 Å². The Morgan fingerprint density at radius 2 is 1.71 bits per heavy atom. The van der Waals surface area contributed by atoms with Gasteiger partial charge in [-0.2, -0.15) is 0 Å². The predicted molar refractivity (Wildman–Crippen MR) is 107 cm³/mol. The maximum atomic E-state index is 12.4. The van der Waals surface area contributed by atoms with Crippen LogP contribution in [0.4, 0.5) is 10.5 Å². The average Bonchev–Trinajstić information content (AvgIpc) is 2.75. The van der Waals surface area contributed by atoms with Crippen LogP contribution in [-0.4, -0.2) is 94.0 Å². The highest BCUT2D eigenvalue weighted by atomic mass is 16.5. The van der Waals surface area contributed by atoms with Crippen LogP contribution < -0.4 is 10.2 Å². The number of amides is 2. The number of nitrogens with zero attached hydrogens (tertiary/aromatic N) is 3. The molecule has 1 aromatic rings. The van der Waals surface area contributed by atoms with Crippen molar-refractivity contribution in [1.29, 1.82) is 0 Å². The molecule has 2 heterocycles. The molecule has 2 amide bonds. The van der Waals surface area contributed by atoms with Crippen LogP contribution in [0.5, 0.6) is 0 Å². The lowest BCUT2D eigenvalue weighted by molar-refractivity contribution is 0.0385. The van der Waals surface area contributed by atoms with Crippen molar-refractivity contribution in [3.63, 3.8) is 0 Å². The molecule has 0 bridgehead atoms. The van der Waals surface area contributed by atoms with Crippen LogP contribution in [0.1, 0.15) is 17.3 Å². The highest BCUT2D eigenvalue weighted by molar-refractivity contribution is 5.89. The molecule has 1 N–H and O–H groups in total. The van der Waals surface area contributed by atoms with Gasteiger partial charge in [0.1, 0.15) is 0 Å². The number of benzene rings is 1. The monoisotopic (exact) mass is 390 g/mol. The summed E-state index contributed by atoms with van der Waals surface area (Å²) in [5, 5.41) is 3.02. The summed E-state index contributed by atoms with van der Waals surface area (Å²) >= 11 is 0. The molecule has 154 valence electrons. The van der Waals surface area contributed by atoms with E-state index < -0.39 is 0 Å².